The summed E-state index contributed by atoms with van der Waals surface area (Å²) in [6.45, 7) is 12.2. The standard InChI is InChI=1S/C15H22N2.C7H4Cl2N2.C3H9BO2/c1-10(2)5-13-7-12(9-16)8-14(15(13)17)6-11(3)4;8-5-1-4(3-10)2-6(9)7(5)11;1-3(2)4(5)6/h7-8,10-11H,5-6,17H2,1-4H3;1-2H,11H2;3,5-6H,1-2H3. The molecular weight excluding hydrogens is 470 g/mol. The number of anilines is 2. The van der Waals surface area contributed by atoms with Gasteiger partial charge in [0.1, 0.15) is 0 Å². The van der Waals surface area contributed by atoms with Gasteiger partial charge in [0, 0.05) is 5.69 Å². The van der Waals surface area contributed by atoms with Crippen LogP contribution in [0.15, 0.2) is 24.3 Å². The van der Waals surface area contributed by atoms with Gasteiger partial charge in [0.25, 0.3) is 0 Å². The first-order valence-electron chi connectivity index (χ1n) is 11.0. The normalized spacial score (nSPS) is 10.1. The van der Waals surface area contributed by atoms with Crippen LogP contribution in [-0.2, 0) is 12.8 Å². The highest BCUT2D eigenvalue weighted by Gasteiger charge is 2.11. The molecule has 6 N–H and O–H groups in total. The Hall–Kier alpha value is -2.42. The Morgan fingerprint density at radius 3 is 1.35 bits per heavy atom. The number of nitrogen functional groups attached to an aromatic ring is 2. The van der Waals surface area contributed by atoms with Crippen molar-refractivity contribution in [3.8, 4) is 12.1 Å². The van der Waals surface area contributed by atoms with Gasteiger partial charge < -0.3 is 21.5 Å². The summed E-state index contributed by atoms with van der Waals surface area (Å²) in [5, 5.41) is 34.5. The van der Waals surface area contributed by atoms with Crippen molar-refractivity contribution >= 4 is 41.7 Å². The average molecular weight is 505 g/mol. The summed E-state index contributed by atoms with van der Waals surface area (Å²) >= 11 is 11.3. The molecule has 6 nitrogen and oxygen atoms in total. The van der Waals surface area contributed by atoms with Crippen molar-refractivity contribution in [1.82, 2.24) is 0 Å². The third-order valence-electron chi connectivity index (χ3n) is 4.54. The Kier molecular flexibility index (Phi) is 14.4. The van der Waals surface area contributed by atoms with Gasteiger partial charge in [-0.1, -0.05) is 64.7 Å². The van der Waals surface area contributed by atoms with Crippen LogP contribution in [0.3, 0.4) is 0 Å². The molecule has 0 aliphatic carbocycles. The van der Waals surface area contributed by atoms with Crippen LogP contribution in [0.5, 0.6) is 0 Å². The molecule has 0 aliphatic heterocycles. The number of benzene rings is 2. The molecule has 2 aromatic carbocycles. The van der Waals surface area contributed by atoms with Gasteiger partial charge in [-0.15, -0.1) is 0 Å². The van der Waals surface area contributed by atoms with E-state index in [2.05, 4.69) is 33.8 Å². The minimum Gasteiger partial charge on any atom is -0.427 e. The lowest BCUT2D eigenvalue weighted by Crippen LogP contribution is -2.14. The lowest BCUT2D eigenvalue weighted by atomic mass is 9.76. The molecule has 0 spiro atoms. The molecule has 0 radical (unpaired) electrons. The molecule has 34 heavy (non-hydrogen) atoms. The van der Waals surface area contributed by atoms with E-state index in [-0.39, 0.29) is 5.82 Å². The SMILES string of the molecule is CC(C)B(O)O.CC(C)Cc1cc(C#N)cc(CC(C)C)c1N.N#Cc1cc(Cl)c(N)c(Cl)c1. The van der Waals surface area contributed by atoms with Crippen molar-refractivity contribution < 1.29 is 10.0 Å². The van der Waals surface area contributed by atoms with Crippen molar-refractivity contribution in [3.63, 3.8) is 0 Å². The van der Waals surface area contributed by atoms with Crippen LogP contribution >= 0.6 is 23.2 Å². The van der Waals surface area contributed by atoms with Crippen LogP contribution in [0, 0.1) is 34.5 Å². The number of hydrogen-bond acceptors (Lipinski definition) is 6. The van der Waals surface area contributed by atoms with Gasteiger partial charge >= 0.3 is 7.12 Å². The number of nitrogens with two attached hydrogens (primary N) is 2. The first kappa shape index (κ1) is 31.6. The van der Waals surface area contributed by atoms with Crippen LogP contribution in [0.1, 0.15) is 63.8 Å². The molecule has 0 amide bonds. The van der Waals surface area contributed by atoms with Gasteiger partial charge in [0.05, 0.1) is 39.0 Å². The molecule has 0 aliphatic rings. The highest BCUT2D eigenvalue weighted by atomic mass is 35.5. The Bertz CT molecular complexity index is 953. The third-order valence-corrected chi connectivity index (χ3v) is 5.17. The van der Waals surface area contributed by atoms with Crippen LogP contribution < -0.4 is 11.5 Å². The number of rotatable bonds is 5. The molecular formula is C25H35BCl2N4O2. The maximum Gasteiger partial charge on any atom is 0.454 e. The molecule has 0 bridgehead atoms. The van der Waals surface area contributed by atoms with E-state index in [1.807, 2.05) is 18.2 Å². The van der Waals surface area contributed by atoms with Crippen LogP contribution in [-0.4, -0.2) is 17.2 Å². The van der Waals surface area contributed by atoms with Crippen molar-refractivity contribution in [2.24, 2.45) is 11.8 Å². The van der Waals surface area contributed by atoms with E-state index in [0.29, 0.717) is 33.1 Å². The minimum absolute atomic E-state index is 0.0370. The summed E-state index contributed by atoms with van der Waals surface area (Å²) in [6, 6.07) is 10.9. The zero-order valence-electron chi connectivity index (χ0n) is 20.7. The molecule has 184 valence electrons. The fraction of sp³-hybridized carbons (Fsp3) is 0.440. The molecule has 2 rings (SSSR count). The summed E-state index contributed by atoms with van der Waals surface area (Å²) in [5.74, 6) is 1.07. The first-order valence-corrected chi connectivity index (χ1v) is 11.8. The smallest absolute Gasteiger partial charge is 0.427 e. The summed E-state index contributed by atoms with van der Waals surface area (Å²) < 4.78 is 0. The molecule has 0 unspecified atom stereocenters. The van der Waals surface area contributed by atoms with E-state index in [9.17, 15) is 0 Å². The van der Waals surface area contributed by atoms with Crippen LogP contribution in [0.25, 0.3) is 0 Å². The summed E-state index contributed by atoms with van der Waals surface area (Å²) in [6.07, 6.45) is 1.87. The number of halogens is 2. The molecule has 0 saturated carbocycles. The van der Waals surface area contributed by atoms with Crippen molar-refractivity contribution in [3.05, 3.63) is 56.6 Å². The van der Waals surface area contributed by atoms with E-state index in [4.69, 9.17) is 55.2 Å². The average Bonchev–Trinajstić information content (AvgIpc) is 2.74. The van der Waals surface area contributed by atoms with E-state index >= 15 is 0 Å². The minimum atomic E-state index is -1.15. The second kappa shape index (κ2) is 15.5. The molecule has 0 aromatic heterocycles. The summed E-state index contributed by atoms with van der Waals surface area (Å²) in [5.41, 5.74) is 16.2. The second-order valence-electron chi connectivity index (χ2n) is 9.14. The fourth-order valence-electron chi connectivity index (χ4n) is 2.71. The molecule has 9 heteroatoms. The lowest BCUT2D eigenvalue weighted by Gasteiger charge is -2.15. The summed E-state index contributed by atoms with van der Waals surface area (Å²) in [7, 11) is -1.15. The van der Waals surface area contributed by atoms with E-state index in [1.165, 1.54) is 12.1 Å². The highest BCUT2D eigenvalue weighted by Crippen LogP contribution is 2.28. The Morgan fingerprint density at radius 1 is 0.765 bits per heavy atom. The van der Waals surface area contributed by atoms with Crippen molar-refractivity contribution in [1.29, 1.82) is 10.5 Å². The van der Waals surface area contributed by atoms with Gasteiger partial charge in [0.15, 0.2) is 0 Å². The van der Waals surface area contributed by atoms with Gasteiger partial charge in [-0.3, -0.25) is 0 Å². The monoisotopic (exact) mass is 504 g/mol. The Labute approximate surface area is 214 Å². The number of nitriles is 2. The maximum absolute atomic E-state index is 9.05. The van der Waals surface area contributed by atoms with Gasteiger partial charge in [0.2, 0.25) is 0 Å². The van der Waals surface area contributed by atoms with Crippen molar-refractivity contribution in [2.75, 3.05) is 11.5 Å². The molecule has 2 aromatic rings. The number of hydrogen-bond donors (Lipinski definition) is 4. The van der Waals surface area contributed by atoms with Crippen LogP contribution in [0.2, 0.25) is 15.9 Å². The zero-order valence-corrected chi connectivity index (χ0v) is 22.2. The third kappa shape index (κ3) is 11.6. The van der Waals surface area contributed by atoms with Gasteiger partial charge in [-0.05, 0) is 65.9 Å². The zero-order chi connectivity index (χ0) is 26.6. The van der Waals surface area contributed by atoms with Gasteiger partial charge in [-0.25, -0.2) is 0 Å². The van der Waals surface area contributed by atoms with E-state index in [0.717, 1.165) is 35.2 Å². The maximum atomic E-state index is 9.05. The van der Waals surface area contributed by atoms with Gasteiger partial charge in [-0.2, -0.15) is 10.5 Å². The molecule has 0 saturated heterocycles. The second-order valence-corrected chi connectivity index (χ2v) is 9.95. The van der Waals surface area contributed by atoms with E-state index in [1.54, 1.807) is 13.8 Å². The Balaban J connectivity index is 0.000000547. The first-order chi connectivity index (χ1) is 15.7. The quantitative estimate of drug-likeness (QED) is 0.297. The molecule has 0 atom stereocenters. The molecule has 0 heterocycles. The molecule has 0 fully saturated rings. The summed E-state index contributed by atoms with van der Waals surface area (Å²) in [4.78, 5) is 0. The topological polar surface area (TPSA) is 140 Å². The largest absolute Gasteiger partial charge is 0.454 e. The highest BCUT2D eigenvalue weighted by molar-refractivity contribution is 6.42. The van der Waals surface area contributed by atoms with Crippen molar-refractivity contribution in [2.45, 2.75) is 60.2 Å². The van der Waals surface area contributed by atoms with Crippen LogP contribution in [0.4, 0.5) is 11.4 Å². The van der Waals surface area contributed by atoms with E-state index < -0.39 is 7.12 Å². The lowest BCUT2D eigenvalue weighted by molar-refractivity contribution is 0.392. The predicted octanol–water partition coefficient (Wildman–Crippen LogP) is 5.85. The number of nitrogens with zero attached hydrogens (tertiary/aromatic N) is 2. The fourth-order valence-corrected chi connectivity index (χ4v) is 3.20. The Morgan fingerprint density at radius 2 is 1.09 bits per heavy atom. The predicted molar refractivity (Wildman–Crippen MR) is 144 cm³/mol.